The van der Waals surface area contributed by atoms with Crippen LogP contribution in [0.2, 0.25) is 5.02 Å². The smallest absolute Gasteiger partial charge is 0.255 e. The molecular formula is C22H26ClFN2O3S. The number of nitrogens with one attached hydrogen (secondary N) is 1. The van der Waals surface area contributed by atoms with Gasteiger partial charge in [-0.3, -0.25) is 4.79 Å². The fourth-order valence-electron chi connectivity index (χ4n) is 3.74. The summed E-state index contributed by atoms with van der Waals surface area (Å²) in [5, 5.41) is 3.41. The second-order valence-corrected chi connectivity index (χ2v) is 9.64. The van der Waals surface area contributed by atoms with E-state index < -0.39 is 26.6 Å². The van der Waals surface area contributed by atoms with Crippen LogP contribution in [0.5, 0.6) is 0 Å². The van der Waals surface area contributed by atoms with Crippen LogP contribution in [0.1, 0.15) is 54.6 Å². The Kier molecular flexibility index (Phi) is 7.16. The maximum absolute atomic E-state index is 14.4. The number of piperidine rings is 1. The maximum atomic E-state index is 14.4. The molecule has 0 bridgehead atoms. The molecule has 1 aliphatic rings. The molecule has 3 rings (SSSR count). The van der Waals surface area contributed by atoms with Crippen molar-refractivity contribution in [2.75, 3.05) is 18.4 Å². The Bertz CT molecular complexity index is 1050. The van der Waals surface area contributed by atoms with Gasteiger partial charge in [-0.05, 0) is 61.1 Å². The Balaban J connectivity index is 1.96. The maximum Gasteiger partial charge on any atom is 0.255 e. The molecule has 8 heteroatoms. The molecule has 1 saturated heterocycles. The fourth-order valence-corrected chi connectivity index (χ4v) is 5.64. The highest BCUT2D eigenvalue weighted by atomic mass is 35.5. The third kappa shape index (κ3) is 4.53. The minimum Gasteiger partial charge on any atom is -0.321 e. The van der Waals surface area contributed by atoms with Crippen molar-refractivity contribution in [1.82, 2.24) is 4.31 Å². The largest absolute Gasteiger partial charge is 0.321 e. The lowest BCUT2D eigenvalue weighted by atomic mass is 10.0. The van der Waals surface area contributed by atoms with E-state index >= 15 is 0 Å². The summed E-state index contributed by atoms with van der Waals surface area (Å²) in [6.07, 6.45) is 3.76. The number of nitrogens with zero attached hydrogens (tertiary/aromatic N) is 1. The van der Waals surface area contributed by atoms with Crippen LogP contribution in [0.15, 0.2) is 35.2 Å². The van der Waals surface area contributed by atoms with Gasteiger partial charge in [0.25, 0.3) is 5.91 Å². The van der Waals surface area contributed by atoms with E-state index in [1.54, 1.807) is 6.07 Å². The molecule has 0 aliphatic carbocycles. The molecule has 0 unspecified atom stereocenters. The summed E-state index contributed by atoms with van der Waals surface area (Å²) in [7, 11) is -4.00. The molecule has 1 fully saturated rings. The monoisotopic (exact) mass is 452 g/mol. The van der Waals surface area contributed by atoms with Gasteiger partial charge in [0, 0.05) is 29.4 Å². The zero-order chi connectivity index (χ0) is 21.9. The first-order valence-corrected chi connectivity index (χ1v) is 12.0. The van der Waals surface area contributed by atoms with Crippen molar-refractivity contribution >= 4 is 33.2 Å². The molecule has 5 nitrogen and oxygen atoms in total. The van der Waals surface area contributed by atoms with E-state index in [0.29, 0.717) is 36.6 Å². The molecule has 1 aliphatic heterocycles. The van der Waals surface area contributed by atoms with E-state index in [-0.39, 0.29) is 5.56 Å². The van der Waals surface area contributed by atoms with Gasteiger partial charge in [0.2, 0.25) is 10.0 Å². The average Bonchev–Trinajstić information content (AvgIpc) is 2.75. The zero-order valence-electron chi connectivity index (χ0n) is 17.2. The second kappa shape index (κ2) is 9.45. The van der Waals surface area contributed by atoms with E-state index in [9.17, 15) is 17.6 Å². The molecular weight excluding hydrogens is 427 g/mol. The minimum atomic E-state index is -4.00. The fraction of sp³-hybridized carbons (Fsp3) is 0.409. The van der Waals surface area contributed by atoms with Gasteiger partial charge >= 0.3 is 0 Å². The summed E-state index contributed by atoms with van der Waals surface area (Å²) in [5.74, 6) is -1.36. The first kappa shape index (κ1) is 22.7. The predicted octanol–water partition coefficient (Wildman–Crippen LogP) is 5.03. The van der Waals surface area contributed by atoms with Crippen LogP contribution in [0.25, 0.3) is 0 Å². The highest BCUT2D eigenvalue weighted by Crippen LogP contribution is 2.30. The van der Waals surface area contributed by atoms with Crippen LogP contribution in [0.3, 0.4) is 0 Å². The van der Waals surface area contributed by atoms with Gasteiger partial charge in [0.05, 0.1) is 0 Å². The van der Waals surface area contributed by atoms with Crippen LogP contribution >= 0.6 is 11.6 Å². The summed E-state index contributed by atoms with van der Waals surface area (Å²) < 4.78 is 41.6. The van der Waals surface area contributed by atoms with Gasteiger partial charge in [-0.2, -0.15) is 4.31 Å². The molecule has 1 amide bonds. The molecule has 0 saturated carbocycles. The van der Waals surface area contributed by atoms with Gasteiger partial charge in [0.1, 0.15) is 10.7 Å². The number of hydrogen-bond acceptors (Lipinski definition) is 3. The first-order valence-electron chi connectivity index (χ1n) is 10.2. The lowest BCUT2D eigenvalue weighted by Gasteiger charge is -2.26. The standard InChI is InChI=1S/C22H26ClFN2O3S/c1-3-15-8-10-18(23)17(4-2)21(15)25-22(27)16-9-11-19(24)20(14-16)30(28,29)26-12-6-5-7-13-26/h8-11,14H,3-7,12-13H2,1-2H3,(H,25,27). The van der Waals surface area contributed by atoms with Crippen molar-refractivity contribution in [1.29, 1.82) is 0 Å². The topological polar surface area (TPSA) is 66.5 Å². The summed E-state index contributed by atoms with van der Waals surface area (Å²) in [6, 6.07) is 7.10. The molecule has 0 atom stereocenters. The van der Waals surface area contributed by atoms with Crippen molar-refractivity contribution in [3.8, 4) is 0 Å². The molecule has 0 spiro atoms. The van der Waals surface area contributed by atoms with Gasteiger partial charge < -0.3 is 5.32 Å². The Hall–Kier alpha value is -1.96. The number of anilines is 1. The summed E-state index contributed by atoms with van der Waals surface area (Å²) in [5.41, 5.74) is 2.44. The van der Waals surface area contributed by atoms with Gasteiger partial charge in [-0.25, -0.2) is 12.8 Å². The Labute approximate surface area is 182 Å². The highest BCUT2D eigenvalue weighted by Gasteiger charge is 2.29. The van der Waals surface area contributed by atoms with Gasteiger partial charge in [-0.1, -0.05) is 37.9 Å². The van der Waals surface area contributed by atoms with Crippen molar-refractivity contribution < 1.29 is 17.6 Å². The quantitative estimate of drug-likeness (QED) is 0.668. The molecule has 2 aromatic rings. The Morgan fingerprint density at radius 1 is 1.10 bits per heavy atom. The molecule has 0 radical (unpaired) electrons. The predicted molar refractivity (Wildman–Crippen MR) is 117 cm³/mol. The van der Waals surface area contributed by atoms with E-state index in [1.807, 2.05) is 19.9 Å². The number of benzene rings is 2. The number of carbonyl (C=O) groups excluding carboxylic acids is 1. The normalized spacial score (nSPS) is 15.2. The number of rotatable bonds is 6. The van der Waals surface area contributed by atoms with E-state index in [2.05, 4.69) is 5.32 Å². The number of halogens is 2. The van der Waals surface area contributed by atoms with Gasteiger partial charge in [-0.15, -0.1) is 0 Å². The molecule has 30 heavy (non-hydrogen) atoms. The van der Waals surface area contributed by atoms with Crippen LogP contribution in [0.4, 0.5) is 10.1 Å². The van der Waals surface area contributed by atoms with E-state index in [4.69, 9.17) is 11.6 Å². The van der Waals surface area contributed by atoms with Crippen LogP contribution in [-0.2, 0) is 22.9 Å². The summed E-state index contributed by atoms with van der Waals surface area (Å²) in [4.78, 5) is 12.5. The van der Waals surface area contributed by atoms with E-state index in [0.717, 1.165) is 42.5 Å². The Morgan fingerprint density at radius 2 is 1.80 bits per heavy atom. The third-order valence-electron chi connectivity index (χ3n) is 5.44. The van der Waals surface area contributed by atoms with Crippen molar-refractivity contribution in [3.63, 3.8) is 0 Å². The van der Waals surface area contributed by atoms with Crippen molar-refractivity contribution in [2.45, 2.75) is 50.8 Å². The second-order valence-electron chi connectivity index (χ2n) is 7.33. The number of amides is 1. The molecule has 0 aromatic heterocycles. The number of sulfonamides is 1. The molecule has 1 N–H and O–H groups in total. The van der Waals surface area contributed by atoms with Gasteiger partial charge in [0.15, 0.2) is 0 Å². The van der Waals surface area contributed by atoms with Crippen LogP contribution in [0, 0.1) is 5.82 Å². The summed E-state index contributed by atoms with van der Waals surface area (Å²) in [6.45, 7) is 4.64. The Morgan fingerprint density at radius 3 is 2.43 bits per heavy atom. The minimum absolute atomic E-state index is 0.0797. The third-order valence-corrected chi connectivity index (χ3v) is 7.71. The number of carbonyl (C=O) groups is 1. The summed E-state index contributed by atoms with van der Waals surface area (Å²) >= 11 is 6.29. The molecule has 2 aromatic carbocycles. The molecule has 162 valence electrons. The van der Waals surface area contributed by atoms with Crippen LogP contribution < -0.4 is 5.32 Å². The number of hydrogen-bond donors (Lipinski definition) is 1. The lowest BCUT2D eigenvalue weighted by Crippen LogP contribution is -2.36. The van der Waals surface area contributed by atoms with Crippen LogP contribution in [-0.4, -0.2) is 31.7 Å². The van der Waals surface area contributed by atoms with Crippen molar-refractivity contribution in [2.24, 2.45) is 0 Å². The number of aryl methyl sites for hydroxylation is 1. The SMILES string of the molecule is CCc1ccc(Cl)c(CC)c1NC(=O)c1ccc(F)c(S(=O)(=O)N2CCCCC2)c1. The molecule has 1 heterocycles. The first-order chi connectivity index (χ1) is 14.3. The average molecular weight is 453 g/mol. The lowest BCUT2D eigenvalue weighted by molar-refractivity contribution is 0.102. The zero-order valence-corrected chi connectivity index (χ0v) is 18.7. The highest BCUT2D eigenvalue weighted by molar-refractivity contribution is 7.89. The van der Waals surface area contributed by atoms with Crippen molar-refractivity contribution in [3.05, 3.63) is 57.9 Å². The van der Waals surface area contributed by atoms with E-state index in [1.165, 1.54) is 10.4 Å².